The van der Waals surface area contributed by atoms with Gasteiger partial charge in [-0.05, 0) is 17.7 Å². The molecule has 0 bridgehead atoms. The van der Waals surface area contributed by atoms with Crippen LogP contribution in [0.2, 0.25) is 0 Å². The highest BCUT2D eigenvalue weighted by Gasteiger charge is 2.09. The fourth-order valence-electron chi connectivity index (χ4n) is 1.81. The van der Waals surface area contributed by atoms with E-state index in [1.54, 1.807) is 35.7 Å². The molecule has 1 aromatic carbocycles. The lowest BCUT2D eigenvalue weighted by atomic mass is 10.1. The molecular weight excluding hydrogens is 284 g/mol. The molecule has 0 fully saturated rings. The number of benzene rings is 1. The van der Waals surface area contributed by atoms with E-state index in [-0.39, 0.29) is 11.9 Å². The number of rotatable bonds is 5. The second kappa shape index (κ2) is 7.41. The normalized spacial score (nSPS) is 11.4. The fourth-order valence-corrected chi connectivity index (χ4v) is 2.51. The average molecular weight is 300 g/mol. The zero-order valence-electron chi connectivity index (χ0n) is 11.7. The Labute approximate surface area is 127 Å². The number of urea groups is 1. The zero-order chi connectivity index (χ0) is 15.1. The predicted molar refractivity (Wildman–Crippen MR) is 81.9 cm³/mol. The summed E-state index contributed by atoms with van der Waals surface area (Å²) in [7, 11) is 0. The number of amides is 2. The summed E-state index contributed by atoms with van der Waals surface area (Å²) in [6.45, 7) is 2.96. The summed E-state index contributed by atoms with van der Waals surface area (Å²) in [5, 5.41) is 17.4. The molecule has 6 heteroatoms. The summed E-state index contributed by atoms with van der Waals surface area (Å²) in [5.41, 5.74) is 1.49. The third-order valence-electron chi connectivity index (χ3n) is 2.95. The molecule has 2 amide bonds. The van der Waals surface area contributed by atoms with Gasteiger partial charge in [0.2, 0.25) is 0 Å². The van der Waals surface area contributed by atoms with Crippen molar-refractivity contribution in [2.75, 3.05) is 6.54 Å². The van der Waals surface area contributed by atoms with Crippen molar-refractivity contribution in [3.63, 3.8) is 0 Å². The minimum absolute atomic E-state index is 0.192. The monoisotopic (exact) mass is 300 g/mol. The average Bonchev–Trinajstić information content (AvgIpc) is 3.05. The molecule has 2 aromatic rings. The minimum Gasteiger partial charge on any atom is -0.337 e. The zero-order valence-corrected chi connectivity index (χ0v) is 12.5. The summed E-state index contributed by atoms with van der Waals surface area (Å²) >= 11 is 1.58. The summed E-state index contributed by atoms with van der Waals surface area (Å²) in [5.74, 6) is 0.192. The number of hydrogen-bond donors (Lipinski definition) is 2. The molecule has 0 spiro atoms. The first kappa shape index (κ1) is 15.0. The van der Waals surface area contributed by atoms with E-state index < -0.39 is 0 Å². The summed E-state index contributed by atoms with van der Waals surface area (Å²) < 4.78 is 0. The first-order chi connectivity index (χ1) is 10.2. The molecule has 2 rings (SSSR count). The smallest absolute Gasteiger partial charge is 0.315 e. The number of nitriles is 1. The first-order valence-electron chi connectivity index (χ1n) is 6.59. The highest BCUT2D eigenvalue weighted by atomic mass is 32.1. The molecule has 0 aliphatic heterocycles. The standard InChI is InChI=1S/C15H16N4OS/c1-11(14-17-5-6-21-14)9-18-15(20)19-10-13-4-2-3-12(7-13)8-16/h2-7,11H,9-10H2,1H3,(H2,18,19,20)/t11-/m1/s1. The Morgan fingerprint density at radius 2 is 2.33 bits per heavy atom. The number of nitrogens with zero attached hydrogens (tertiary/aromatic N) is 2. The van der Waals surface area contributed by atoms with Gasteiger partial charge in [-0.3, -0.25) is 0 Å². The van der Waals surface area contributed by atoms with Crippen molar-refractivity contribution in [1.82, 2.24) is 15.6 Å². The van der Waals surface area contributed by atoms with Crippen molar-refractivity contribution in [3.8, 4) is 6.07 Å². The maximum absolute atomic E-state index is 11.7. The molecule has 0 aliphatic rings. The molecule has 108 valence electrons. The van der Waals surface area contributed by atoms with Crippen LogP contribution in [0.25, 0.3) is 0 Å². The van der Waals surface area contributed by atoms with Crippen molar-refractivity contribution in [2.24, 2.45) is 0 Å². The van der Waals surface area contributed by atoms with Crippen LogP contribution in [0.5, 0.6) is 0 Å². The number of aromatic nitrogens is 1. The Kier molecular flexibility index (Phi) is 5.29. The van der Waals surface area contributed by atoms with Crippen molar-refractivity contribution in [3.05, 3.63) is 52.0 Å². The van der Waals surface area contributed by atoms with Gasteiger partial charge >= 0.3 is 6.03 Å². The van der Waals surface area contributed by atoms with Crippen molar-refractivity contribution in [1.29, 1.82) is 5.26 Å². The van der Waals surface area contributed by atoms with E-state index in [1.165, 1.54) is 0 Å². The third kappa shape index (κ3) is 4.58. The Balaban J connectivity index is 1.76. The van der Waals surface area contributed by atoms with Gasteiger partial charge < -0.3 is 10.6 Å². The van der Waals surface area contributed by atoms with Gasteiger partial charge in [-0.15, -0.1) is 11.3 Å². The highest BCUT2D eigenvalue weighted by Crippen LogP contribution is 2.16. The quantitative estimate of drug-likeness (QED) is 0.891. The third-order valence-corrected chi connectivity index (χ3v) is 3.96. The van der Waals surface area contributed by atoms with E-state index in [0.29, 0.717) is 18.7 Å². The SMILES string of the molecule is C[C@H](CNC(=O)NCc1cccc(C#N)c1)c1nccs1. The molecular formula is C15H16N4OS. The molecule has 5 nitrogen and oxygen atoms in total. The minimum atomic E-state index is -0.222. The van der Waals surface area contributed by atoms with Gasteiger partial charge in [-0.1, -0.05) is 19.1 Å². The van der Waals surface area contributed by atoms with E-state index in [4.69, 9.17) is 5.26 Å². The molecule has 0 aliphatic carbocycles. The molecule has 0 saturated heterocycles. The number of hydrogen-bond acceptors (Lipinski definition) is 4. The lowest BCUT2D eigenvalue weighted by molar-refractivity contribution is 0.240. The maximum atomic E-state index is 11.7. The Bertz CT molecular complexity index is 633. The van der Waals surface area contributed by atoms with Crippen LogP contribution in [0.1, 0.15) is 29.0 Å². The van der Waals surface area contributed by atoms with Gasteiger partial charge in [0.1, 0.15) is 0 Å². The molecule has 0 saturated carbocycles. The van der Waals surface area contributed by atoms with E-state index in [1.807, 2.05) is 18.4 Å². The number of carbonyl (C=O) groups excluding carboxylic acids is 1. The van der Waals surface area contributed by atoms with Crippen molar-refractivity contribution in [2.45, 2.75) is 19.4 Å². The number of carbonyl (C=O) groups is 1. The fraction of sp³-hybridized carbons (Fsp3) is 0.267. The van der Waals surface area contributed by atoms with Crippen molar-refractivity contribution >= 4 is 17.4 Å². The Morgan fingerprint density at radius 3 is 3.05 bits per heavy atom. The van der Waals surface area contributed by atoms with E-state index in [9.17, 15) is 4.79 Å². The topological polar surface area (TPSA) is 77.8 Å². The summed E-state index contributed by atoms with van der Waals surface area (Å²) in [6.07, 6.45) is 1.76. The van der Waals surface area contributed by atoms with Crippen LogP contribution in [0.15, 0.2) is 35.8 Å². The summed E-state index contributed by atoms with van der Waals surface area (Å²) in [4.78, 5) is 16.0. The second-order valence-electron chi connectivity index (χ2n) is 4.65. The maximum Gasteiger partial charge on any atom is 0.315 e. The van der Waals surface area contributed by atoms with Gasteiger partial charge in [-0.2, -0.15) is 5.26 Å². The van der Waals surface area contributed by atoms with Crippen LogP contribution in [-0.2, 0) is 6.54 Å². The number of nitrogens with one attached hydrogen (secondary N) is 2. The van der Waals surface area contributed by atoms with Crippen LogP contribution in [0, 0.1) is 11.3 Å². The van der Waals surface area contributed by atoms with Gasteiger partial charge in [0, 0.05) is 30.6 Å². The molecule has 1 heterocycles. The molecule has 0 radical (unpaired) electrons. The van der Waals surface area contributed by atoms with Gasteiger partial charge in [0.05, 0.1) is 16.6 Å². The predicted octanol–water partition coefficient (Wildman–Crippen LogP) is 2.62. The van der Waals surface area contributed by atoms with Crippen LogP contribution in [-0.4, -0.2) is 17.6 Å². The Hall–Kier alpha value is -2.39. The van der Waals surface area contributed by atoms with Crippen LogP contribution in [0.4, 0.5) is 4.79 Å². The molecule has 1 atom stereocenters. The molecule has 1 aromatic heterocycles. The van der Waals surface area contributed by atoms with Gasteiger partial charge in [0.25, 0.3) is 0 Å². The lowest BCUT2D eigenvalue weighted by Crippen LogP contribution is -2.37. The molecule has 21 heavy (non-hydrogen) atoms. The molecule has 0 unspecified atom stereocenters. The van der Waals surface area contributed by atoms with Crippen LogP contribution >= 0.6 is 11.3 Å². The van der Waals surface area contributed by atoms with Crippen molar-refractivity contribution < 1.29 is 4.79 Å². The molecule has 2 N–H and O–H groups in total. The van der Waals surface area contributed by atoms with E-state index >= 15 is 0 Å². The van der Waals surface area contributed by atoms with Crippen LogP contribution in [0.3, 0.4) is 0 Å². The largest absolute Gasteiger partial charge is 0.337 e. The van der Waals surface area contributed by atoms with Crippen LogP contribution < -0.4 is 10.6 Å². The van der Waals surface area contributed by atoms with Gasteiger partial charge in [-0.25, -0.2) is 9.78 Å². The van der Waals surface area contributed by atoms with Gasteiger partial charge in [0.15, 0.2) is 0 Å². The number of thiazole rings is 1. The summed E-state index contributed by atoms with van der Waals surface area (Å²) in [6, 6.07) is 9.03. The second-order valence-corrected chi connectivity index (χ2v) is 5.57. The first-order valence-corrected chi connectivity index (χ1v) is 7.47. The lowest BCUT2D eigenvalue weighted by Gasteiger charge is -2.11. The Morgan fingerprint density at radius 1 is 1.48 bits per heavy atom. The highest BCUT2D eigenvalue weighted by molar-refractivity contribution is 7.09. The van der Waals surface area contributed by atoms with E-state index in [2.05, 4.69) is 21.7 Å². The van der Waals surface area contributed by atoms with E-state index in [0.717, 1.165) is 10.6 Å².